The number of nitrogens with zero attached hydrogens (tertiary/aromatic N) is 3. The Morgan fingerprint density at radius 2 is 1.81 bits per heavy atom. The summed E-state index contributed by atoms with van der Waals surface area (Å²) in [4.78, 5) is 23.3. The van der Waals surface area contributed by atoms with Gasteiger partial charge in [-0.05, 0) is 42.7 Å². The van der Waals surface area contributed by atoms with E-state index in [0.29, 0.717) is 15.7 Å². The van der Waals surface area contributed by atoms with Gasteiger partial charge < -0.3 is 10.2 Å². The van der Waals surface area contributed by atoms with Crippen molar-refractivity contribution < 1.29 is 4.79 Å². The number of carbonyl (C=O) groups excluding carboxylic acids is 1. The number of amides is 1. The van der Waals surface area contributed by atoms with Gasteiger partial charge in [0.15, 0.2) is 5.82 Å². The van der Waals surface area contributed by atoms with Crippen LogP contribution in [0, 0.1) is 0 Å². The Kier molecular flexibility index (Phi) is 4.97. The van der Waals surface area contributed by atoms with Crippen molar-refractivity contribution in [3.8, 4) is 0 Å². The molecule has 0 aliphatic carbocycles. The molecule has 0 bridgehead atoms. The molecule has 0 unspecified atom stereocenters. The van der Waals surface area contributed by atoms with Gasteiger partial charge in [-0.1, -0.05) is 41.4 Å². The quantitative estimate of drug-likeness (QED) is 0.664. The number of nitrogens with one attached hydrogen (secondary N) is 1. The molecule has 136 valence electrons. The Bertz CT molecular complexity index is 971. The highest BCUT2D eigenvalue weighted by molar-refractivity contribution is 6.35. The molecule has 1 amide bonds. The average molecular weight is 399 g/mol. The van der Waals surface area contributed by atoms with E-state index in [4.69, 9.17) is 23.2 Å². The fourth-order valence-electron chi connectivity index (χ4n) is 3.17. The molecule has 1 aliphatic heterocycles. The zero-order valence-electron chi connectivity index (χ0n) is 14.3. The average Bonchev–Trinajstić information content (AvgIpc) is 2.67. The van der Waals surface area contributed by atoms with Crippen molar-refractivity contribution in [2.45, 2.75) is 12.8 Å². The molecule has 1 aliphatic rings. The van der Waals surface area contributed by atoms with E-state index in [1.807, 2.05) is 12.1 Å². The molecule has 0 fully saturated rings. The Morgan fingerprint density at radius 1 is 1.04 bits per heavy atom. The highest BCUT2D eigenvalue weighted by atomic mass is 35.5. The van der Waals surface area contributed by atoms with Gasteiger partial charge in [0.2, 0.25) is 0 Å². The summed E-state index contributed by atoms with van der Waals surface area (Å²) in [5, 5.41) is 3.63. The molecule has 5 nitrogen and oxygen atoms in total. The number of aryl methyl sites for hydroxylation is 1. The maximum absolute atomic E-state index is 12.4. The number of carbonyl (C=O) groups is 1. The lowest BCUT2D eigenvalue weighted by molar-refractivity contribution is 0.102. The molecule has 1 N–H and O–H groups in total. The number of anilines is 3. The molecule has 3 aromatic rings. The van der Waals surface area contributed by atoms with Gasteiger partial charge in [0, 0.05) is 28.0 Å². The first-order chi connectivity index (χ1) is 13.1. The Balaban J connectivity index is 1.53. The van der Waals surface area contributed by atoms with Gasteiger partial charge in [-0.25, -0.2) is 9.97 Å². The minimum Gasteiger partial charge on any atom is -0.325 e. The highest BCUT2D eigenvalue weighted by Gasteiger charge is 2.19. The van der Waals surface area contributed by atoms with Crippen LogP contribution >= 0.6 is 23.2 Å². The lowest BCUT2D eigenvalue weighted by Crippen LogP contribution is -2.25. The van der Waals surface area contributed by atoms with Gasteiger partial charge in [-0.3, -0.25) is 4.79 Å². The molecule has 0 radical (unpaired) electrons. The van der Waals surface area contributed by atoms with Crippen molar-refractivity contribution in [2.24, 2.45) is 0 Å². The van der Waals surface area contributed by atoms with Crippen molar-refractivity contribution in [1.29, 1.82) is 0 Å². The number of fused-ring (bicyclic) bond motifs is 1. The zero-order valence-corrected chi connectivity index (χ0v) is 15.8. The Hall–Kier alpha value is -2.63. The largest absolute Gasteiger partial charge is 0.325 e. The van der Waals surface area contributed by atoms with Gasteiger partial charge in [0.25, 0.3) is 5.91 Å². The SMILES string of the molecule is O=C(Nc1cc(Cl)cc(Cl)c1)c1cnc(N2CCCc3ccccc32)cn1. The molecule has 4 rings (SSSR count). The molecule has 0 saturated heterocycles. The van der Waals surface area contributed by atoms with Gasteiger partial charge in [0.05, 0.1) is 12.4 Å². The van der Waals surface area contributed by atoms with Crippen molar-refractivity contribution in [3.05, 3.63) is 76.2 Å². The molecule has 2 aromatic carbocycles. The van der Waals surface area contributed by atoms with E-state index < -0.39 is 0 Å². The molecule has 1 aromatic heterocycles. The standard InChI is InChI=1S/C20H16Cl2N4O/c21-14-8-15(22)10-16(9-14)25-20(27)17-11-24-19(12-23-17)26-7-3-5-13-4-1-2-6-18(13)26/h1-2,4,6,8-12H,3,5,7H2,(H,25,27). The van der Waals surface area contributed by atoms with E-state index >= 15 is 0 Å². The van der Waals surface area contributed by atoms with Gasteiger partial charge in [-0.15, -0.1) is 0 Å². The van der Waals surface area contributed by atoms with Crippen LogP contribution in [0.3, 0.4) is 0 Å². The second kappa shape index (κ2) is 7.55. The van der Waals surface area contributed by atoms with Gasteiger partial charge in [-0.2, -0.15) is 0 Å². The lowest BCUT2D eigenvalue weighted by Gasteiger charge is -2.30. The number of halogens is 2. The van der Waals surface area contributed by atoms with Crippen LogP contribution in [0.25, 0.3) is 0 Å². The zero-order chi connectivity index (χ0) is 18.8. The summed E-state index contributed by atoms with van der Waals surface area (Å²) in [5.41, 5.74) is 3.17. The smallest absolute Gasteiger partial charge is 0.275 e. The molecule has 7 heteroatoms. The fourth-order valence-corrected chi connectivity index (χ4v) is 3.70. The van der Waals surface area contributed by atoms with Crippen LogP contribution in [-0.2, 0) is 6.42 Å². The van der Waals surface area contributed by atoms with E-state index in [0.717, 1.165) is 30.9 Å². The summed E-state index contributed by atoms with van der Waals surface area (Å²) < 4.78 is 0. The van der Waals surface area contributed by atoms with E-state index in [2.05, 4.69) is 32.3 Å². The normalized spacial score (nSPS) is 13.2. The number of para-hydroxylation sites is 1. The van der Waals surface area contributed by atoms with E-state index in [1.54, 1.807) is 24.4 Å². The molecular formula is C20H16Cl2N4O. The monoisotopic (exact) mass is 398 g/mol. The van der Waals surface area contributed by atoms with Gasteiger partial charge >= 0.3 is 0 Å². The maximum atomic E-state index is 12.4. The molecule has 0 spiro atoms. The second-order valence-electron chi connectivity index (χ2n) is 6.26. The molecule has 0 atom stereocenters. The summed E-state index contributed by atoms with van der Waals surface area (Å²) in [6.07, 6.45) is 5.22. The van der Waals surface area contributed by atoms with Crippen LogP contribution in [0.1, 0.15) is 22.5 Å². The molecule has 0 saturated carbocycles. The third kappa shape index (κ3) is 3.89. The van der Waals surface area contributed by atoms with Crippen LogP contribution < -0.4 is 10.2 Å². The first-order valence-electron chi connectivity index (χ1n) is 8.55. The molecular weight excluding hydrogens is 383 g/mol. The number of aromatic nitrogens is 2. The van der Waals surface area contributed by atoms with Crippen LogP contribution in [0.5, 0.6) is 0 Å². The Labute approximate surface area is 167 Å². The first kappa shape index (κ1) is 17.8. The van der Waals surface area contributed by atoms with Gasteiger partial charge in [0.1, 0.15) is 5.69 Å². The first-order valence-corrected chi connectivity index (χ1v) is 9.31. The summed E-state index contributed by atoms with van der Waals surface area (Å²) in [6, 6.07) is 13.1. The fraction of sp³-hybridized carbons (Fsp3) is 0.150. The second-order valence-corrected chi connectivity index (χ2v) is 7.13. The summed E-state index contributed by atoms with van der Waals surface area (Å²) in [6.45, 7) is 0.873. The third-order valence-corrected chi connectivity index (χ3v) is 4.81. The van der Waals surface area contributed by atoms with Crippen LogP contribution in [0.4, 0.5) is 17.2 Å². The lowest BCUT2D eigenvalue weighted by atomic mass is 10.0. The number of rotatable bonds is 3. The minimum absolute atomic E-state index is 0.222. The van der Waals surface area contributed by atoms with E-state index in [1.165, 1.54) is 11.8 Å². The molecule has 27 heavy (non-hydrogen) atoms. The minimum atomic E-state index is -0.369. The predicted molar refractivity (Wildman–Crippen MR) is 108 cm³/mol. The predicted octanol–water partition coefficient (Wildman–Crippen LogP) is 5.12. The van der Waals surface area contributed by atoms with Crippen molar-refractivity contribution in [3.63, 3.8) is 0 Å². The third-order valence-electron chi connectivity index (χ3n) is 4.38. The van der Waals surface area contributed by atoms with E-state index in [9.17, 15) is 4.79 Å². The van der Waals surface area contributed by atoms with Crippen molar-refractivity contribution in [1.82, 2.24) is 9.97 Å². The van der Waals surface area contributed by atoms with Crippen molar-refractivity contribution >= 4 is 46.3 Å². The summed E-state index contributed by atoms with van der Waals surface area (Å²) in [5.74, 6) is 0.357. The molecule has 2 heterocycles. The number of benzene rings is 2. The topological polar surface area (TPSA) is 58.1 Å². The summed E-state index contributed by atoms with van der Waals surface area (Å²) >= 11 is 11.9. The maximum Gasteiger partial charge on any atom is 0.275 e. The van der Waals surface area contributed by atoms with Crippen LogP contribution in [-0.4, -0.2) is 22.4 Å². The summed E-state index contributed by atoms with van der Waals surface area (Å²) in [7, 11) is 0. The number of hydrogen-bond acceptors (Lipinski definition) is 4. The van der Waals surface area contributed by atoms with Crippen molar-refractivity contribution in [2.75, 3.05) is 16.8 Å². The van der Waals surface area contributed by atoms with E-state index in [-0.39, 0.29) is 11.6 Å². The number of hydrogen-bond donors (Lipinski definition) is 1. The highest BCUT2D eigenvalue weighted by Crippen LogP contribution is 2.31. The van der Waals surface area contributed by atoms with Crippen LogP contribution in [0.2, 0.25) is 10.0 Å². The Morgan fingerprint density at radius 3 is 2.56 bits per heavy atom. The van der Waals surface area contributed by atoms with Crippen LogP contribution in [0.15, 0.2) is 54.9 Å².